The summed E-state index contributed by atoms with van der Waals surface area (Å²) in [6.45, 7) is 5.79. The third-order valence-electron chi connectivity index (χ3n) is 3.06. The average molecular weight is 438 g/mol. The summed E-state index contributed by atoms with van der Waals surface area (Å²) in [5.74, 6) is 0.465. The maximum absolute atomic E-state index is 13.9. The van der Waals surface area contributed by atoms with E-state index in [9.17, 15) is 4.39 Å². The van der Waals surface area contributed by atoms with E-state index in [-0.39, 0.29) is 35.8 Å². The fraction of sp³-hybridized carbons (Fsp3) is 0.562. The number of ether oxygens (including phenoxy) is 1. The maximum atomic E-state index is 13.9. The molecule has 0 aliphatic heterocycles. The monoisotopic (exact) mass is 438 g/mol. The van der Waals surface area contributed by atoms with Crippen LogP contribution in [-0.2, 0) is 11.3 Å². The second-order valence-electron chi connectivity index (χ2n) is 5.38. The number of hydrogen-bond acceptors (Lipinski definition) is 3. The van der Waals surface area contributed by atoms with Crippen molar-refractivity contribution in [2.75, 3.05) is 39.3 Å². The standard InChI is InChI=1S/C16H27FN4O.HI/c1-6-18-16(20-12(2)11-22-5)19-10-13-7-8-15(21(3)4)14(17)9-13;/h7-9,12H,6,10-11H2,1-5H3,(H2,18,19,20);1H. The summed E-state index contributed by atoms with van der Waals surface area (Å²) in [4.78, 5) is 6.23. The van der Waals surface area contributed by atoms with Gasteiger partial charge in [0.25, 0.3) is 0 Å². The third kappa shape index (κ3) is 7.83. The van der Waals surface area contributed by atoms with Gasteiger partial charge in [-0.3, -0.25) is 0 Å². The first-order valence-electron chi connectivity index (χ1n) is 7.47. The molecule has 0 saturated carbocycles. The van der Waals surface area contributed by atoms with Crippen LogP contribution in [0.2, 0.25) is 0 Å². The molecule has 0 saturated heterocycles. The van der Waals surface area contributed by atoms with Gasteiger partial charge in [0.1, 0.15) is 5.82 Å². The lowest BCUT2D eigenvalue weighted by Crippen LogP contribution is -2.43. The predicted molar refractivity (Wildman–Crippen MR) is 105 cm³/mol. The Hall–Kier alpha value is -1.09. The van der Waals surface area contributed by atoms with Gasteiger partial charge in [0.05, 0.1) is 18.8 Å². The number of aliphatic imine (C=N–C) groups is 1. The van der Waals surface area contributed by atoms with Crippen LogP contribution < -0.4 is 15.5 Å². The summed E-state index contributed by atoms with van der Waals surface area (Å²) in [6, 6.07) is 5.34. The van der Waals surface area contributed by atoms with Gasteiger partial charge in [0, 0.05) is 33.8 Å². The van der Waals surface area contributed by atoms with E-state index < -0.39 is 0 Å². The SMILES string of the molecule is CCNC(=NCc1ccc(N(C)C)c(F)c1)NC(C)COC.I. The van der Waals surface area contributed by atoms with Crippen LogP contribution in [0.4, 0.5) is 10.1 Å². The molecule has 0 fully saturated rings. The summed E-state index contributed by atoms with van der Waals surface area (Å²) >= 11 is 0. The number of benzene rings is 1. The highest BCUT2D eigenvalue weighted by atomic mass is 127. The second kappa shape index (κ2) is 11.4. The van der Waals surface area contributed by atoms with Crippen LogP contribution in [0.5, 0.6) is 0 Å². The molecular formula is C16H28FIN4O. The minimum atomic E-state index is -0.233. The fourth-order valence-corrected chi connectivity index (χ4v) is 2.03. The van der Waals surface area contributed by atoms with E-state index in [4.69, 9.17) is 4.74 Å². The van der Waals surface area contributed by atoms with Gasteiger partial charge in [-0.1, -0.05) is 6.07 Å². The zero-order chi connectivity index (χ0) is 16.5. The number of nitrogens with one attached hydrogen (secondary N) is 2. The number of guanidine groups is 1. The highest BCUT2D eigenvalue weighted by molar-refractivity contribution is 14.0. The van der Waals surface area contributed by atoms with Crippen LogP contribution in [0, 0.1) is 5.82 Å². The van der Waals surface area contributed by atoms with Crippen LogP contribution in [-0.4, -0.2) is 46.4 Å². The topological polar surface area (TPSA) is 48.9 Å². The lowest BCUT2D eigenvalue weighted by atomic mass is 10.2. The van der Waals surface area contributed by atoms with E-state index in [0.717, 1.165) is 12.1 Å². The summed E-state index contributed by atoms with van der Waals surface area (Å²) in [5, 5.41) is 6.41. The molecule has 0 radical (unpaired) electrons. The molecule has 2 N–H and O–H groups in total. The second-order valence-corrected chi connectivity index (χ2v) is 5.38. The molecule has 1 rings (SSSR count). The number of nitrogens with zero attached hydrogens (tertiary/aromatic N) is 2. The van der Waals surface area contributed by atoms with Gasteiger partial charge < -0.3 is 20.3 Å². The molecule has 5 nitrogen and oxygen atoms in total. The van der Waals surface area contributed by atoms with E-state index in [2.05, 4.69) is 15.6 Å². The minimum Gasteiger partial charge on any atom is -0.383 e. The first kappa shape index (κ1) is 21.9. The Balaban J connectivity index is 0.00000484. The predicted octanol–water partition coefficient (Wildman–Crippen LogP) is 2.60. The molecule has 0 aromatic heterocycles. The molecule has 0 bridgehead atoms. The molecule has 7 heteroatoms. The lowest BCUT2D eigenvalue weighted by molar-refractivity contribution is 0.179. The van der Waals surface area contributed by atoms with E-state index in [1.54, 1.807) is 18.1 Å². The lowest BCUT2D eigenvalue weighted by Gasteiger charge is -2.17. The summed E-state index contributed by atoms with van der Waals surface area (Å²) < 4.78 is 19.0. The van der Waals surface area contributed by atoms with Crippen molar-refractivity contribution in [3.05, 3.63) is 29.6 Å². The summed E-state index contributed by atoms with van der Waals surface area (Å²) in [5.41, 5.74) is 1.41. The zero-order valence-electron chi connectivity index (χ0n) is 14.5. The van der Waals surface area contributed by atoms with E-state index in [1.807, 2.05) is 34.0 Å². The first-order valence-corrected chi connectivity index (χ1v) is 7.47. The Labute approximate surface area is 155 Å². The Morgan fingerprint density at radius 1 is 1.39 bits per heavy atom. The first-order chi connectivity index (χ1) is 10.5. The normalized spacial score (nSPS) is 12.3. The number of halogens is 2. The molecule has 0 heterocycles. The largest absolute Gasteiger partial charge is 0.383 e. The minimum absolute atomic E-state index is 0. The Bertz CT molecular complexity index is 497. The van der Waals surface area contributed by atoms with Gasteiger partial charge >= 0.3 is 0 Å². The Kier molecular flexibility index (Phi) is 10.9. The van der Waals surface area contributed by atoms with Gasteiger partial charge in [-0.15, -0.1) is 24.0 Å². The summed E-state index contributed by atoms with van der Waals surface area (Å²) in [7, 11) is 5.30. The van der Waals surface area contributed by atoms with Crippen LogP contribution in [0.25, 0.3) is 0 Å². The highest BCUT2D eigenvalue weighted by Crippen LogP contribution is 2.18. The van der Waals surface area contributed by atoms with Gasteiger partial charge in [0.2, 0.25) is 0 Å². The zero-order valence-corrected chi connectivity index (χ0v) is 16.8. The van der Waals surface area contributed by atoms with Gasteiger partial charge in [-0.05, 0) is 31.5 Å². The van der Waals surface area contributed by atoms with Gasteiger partial charge in [-0.2, -0.15) is 0 Å². The number of rotatable bonds is 7. The van der Waals surface area contributed by atoms with Crippen molar-refractivity contribution in [3.63, 3.8) is 0 Å². The molecule has 0 spiro atoms. The van der Waals surface area contributed by atoms with E-state index in [0.29, 0.717) is 24.8 Å². The van der Waals surface area contributed by atoms with Crippen LogP contribution >= 0.6 is 24.0 Å². The molecular weight excluding hydrogens is 410 g/mol. The molecule has 0 aliphatic carbocycles. The van der Waals surface area contributed by atoms with Crippen molar-refractivity contribution in [3.8, 4) is 0 Å². The Morgan fingerprint density at radius 2 is 2.09 bits per heavy atom. The maximum Gasteiger partial charge on any atom is 0.191 e. The molecule has 0 aliphatic rings. The molecule has 1 unspecified atom stereocenters. The molecule has 1 aromatic carbocycles. The van der Waals surface area contributed by atoms with Crippen molar-refractivity contribution >= 4 is 35.6 Å². The third-order valence-corrected chi connectivity index (χ3v) is 3.06. The van der Waals surface area contributed by atoms with Crippen molar-refractivity contribution < 1.29 is 9.13 Å². The van der Waals surface area contributed by atoms with Crippen molar-refractivity contribution in [2.45, 2.75) is 26.4 Å². The number of methoxy groups -OCH3 is 1. The van der Waals surface area contributed by atoms with E-state index >= 15 is 0 Å². The van der Waals surface area contributed by atoms with Crippen LogP contribution in [0.15, 0.2) is 23.2 Å². The van der Waals surface area contributed by atoms with Crippen molar-refractivity contribution in [1.29, 1.82) is 0 Å². The van der Waals surface area contributed by atoms with Gasteiger partial charge in [-0.25, -0.2) is 9.38 Å². The van der Waals surface area contributed by atoms with Gasteiger partial charge in [0.15, 0.2) is 5.96 Å². The van der Waals surface area contributed by atoms with Crippen molar-refractivity contribution in [2.24, 2.45) is 4.99 Å². The van der Waals surface area contributed by atoms with E-state index in [1.165, 1.54) is 6.07 Å². The molecule has 0 amide bonds. The quantitative estimate of drug-likeness (QED) is 0.391. The molecule has 132 valence electrons. The summed E-state index contributed by atoms with van der Waals surface area (Å²) in [6.07, 6.45) is 0. The molecule has 1 atom stereocenters. The fourth-order valence-electron chi connectivity index (χ4n) is 2.03. The number of hydrogen-bond donors (Lipinski definition) is 2. The smallest absolute Gasteiger partial charge is 0.191 e. The van der Waals surface area contributed by atoms with Crippen LogP contribution in [0.3, 0.4) is 0 Å². The number of anilines is 1. The average Bonchev–Trinajstić information content (AvgIpc) is 2.45. The highest BCUT2D eigenvalue weighted by Gasteiger charge is 2.07. The van der Waals surface area contributed by atoms with Crippen molar-refractivity contribution in [1.82, 2.24) is 10.6 Å². The van der Waals surface area contributed by atoms with Crippen LogP contribution in [0.1, 0.15) is 19.4 Å². The Morgan fingerprint density at radius 3 is 2.61 bits per heavy atom. The molecule has 1 aromatic rings. The molecule has 23 heavy (non-hydrogen) atoms.